The smallest absolute Gasteiger partial charge is 0.338 e. The van der Waals surface area contributed by atoms with Crippen LogP contribution in [0.1, 0.15) is 47.9 Å². The van der Waals surface area contributed by atoms with Crippen LogP contribution >= 0.6 is 22.9 Å². The van der Waals surface area contributed by atoms with Gasteiger partial charge < -0.3 is 25.2 Å². The number of carboxylic acids is 1. The zero-order valence-corrected chi connectivity index (χ0v) is 24.9. The number of rotatable bonds is 7. The number of carbonyl (C=O) groups excluding carboxylic acids is 1. The average molecular weight is 645 g/mol. The number of halogens is 3. The van der Waals surface area contributed by atoms with Gasteiger partial charge in [-0.05, 0) is 31.7 Å². The van der Waals surface area contributed by atoms with Gasteiger partial charge in [0.15, 0.2) is 22.5 Å². The molecule has 1 unspecified atom stereocenters. The first-order valence-electron chi connectivity index (χ1n) is 13.8. The van der Waals surface area contributed by atoms with E-state index < -0.39 is 46.2 Å². The molecule has 1 aromatic carbocycles. The number of anilines is 1. The van der Waals surface area contributed by atoms with Crippen LogP contribution in [0.4, 0.5) is 14.7 Å². The first-order chi connectivity index (χ1) is 21.1. The van der Waals surface area contributed by atoms with E-state index in [4.69, 9.17) is 21.4 Å². The lowest BCUT2D eigenvalue weighted by Crippen LogP contribution is -2.45. The van der Waals surface area contributed by atoms with Crippen LogP contribution in [0.5, 0.6) is 0 Å². The third-order valence-corrected chi connectivity index (χ3v) is 9.52. The number of allylic oxidation sites excluding steroid dienone is 1. The lowest BCUT2D eigenvalue weighted by Gasteiger charge is -2.41. The molecule has 2 fully saturated rings. The fraction of sp³-hybridized carbons (Fsp3) is 0.379. The molecular formula is C29H27ClF2N6O5S. The number of aliphatic hydroxyl groups is 1. The van der Waals surface area contributed by atoms with Crippen molar-refractivity contribution in [2.75, 3.05) is 25.1 Å². The van der Waals surface area contributed by atoms with E-state index >= 15 is 0 Å². The summed E-state index contributed by atoms with van der Waals surface area (Å²) in [5.41, 5.74) is 0.0328. The van der Waals surface area contributed by atoms with E-state index in [1.807, 2.05) is 4.90 Å². The van der Waals surface area contributed by atoms with Crippen LogP contribution < -0.4 is 10.2 Å². The third kappa shape index (κ3) is 5.41. The number of hydrogen-bond donors (Lipinski definition) is 3. The van der Waals surface area contributed by atoms with Crippen molar-refractivity contribution in [3.8, 4) is 0 Å². The number of carbonyl (C=O) groups is 2. The second-order valence-corrected chi connectivity index (χ2v) is 12.2. The zero-order chi connectivity index (χ0) is 31.2. The number of carboxylic acid groups (broad SMARTS) is 1. The number of nitrogens with one attached hydrogen (secondary N) is 1. The Morgan fingerprint density at radius 1 is 1.16 bits per heavy atom. The summed E-state index contributed by atoms with van der Waals surface area (Å²) in [5, 5.41) is 25.0. The number of thiazole rings is 1. The maximum Gasteiger partial charge on any atom is 0.338 e. The van der Waals surface area contributed by atoms with E-state index in [-0.39, 0.29) is 29.9 Å². The predicted octanol–water partition coefficient (Wildman–Crippen LogP) is 3.98. The fourth-order valence-electron chi connectivity index (χ4n) is 5.91. The lowest BCUT2D eigenvalue weighted by molar-refractivity contribution is -0.159. The standard InChI is InChI=1S/C29H27ClF2N6O5S/c1-43-27(41)19-22(36-24(25-33-6-9-44-25)37-23(19)17-2-3-18(31)21(32)20(17)30)14-4-7-38(8-5-14)28-34-12-16(13-35-28)29(42)10-15(11-29)26(39)40/h2-3,6,9,12-15,23,42H,4-5,7-8,10-11H2,1H3,(H,36,37)(H,39,40). The number of aromatic nitrogens is 3. The quantitative estimate of drug-likeness (QED) is 0.255. The normalized spacial score (nSPS) is 23.9. The van der Waals surface area contributed by atoms with Gasteiger partial charge in [0.05, 0.1) is 29.2 Å². The Labute approximate surface area is 259 Å². The second kappa shape index (κ2) is 11.8. The first kappa shape index (κ1) is 30.0. The summed E-state index contributed by atoms with van der Waals surface area (Å²) in [6, 6.07) is 1.18. The molecule has 230 valence electrons. The van der Waals surface area contributed by atoms with E-state index in [1.165, 1.54) is 36.9 Å². The van der Waals surface area contributed by atoms with Gasteiger partial charge in [0.2, 0.25) is 5.95 Å². The van der Waals surface area contributed by atoms with Crippen LogP contribution in [0.15, 0.2) is 52.4 Å². The molecule has 3 N–H and O–H groups in total. The van der Waals surface area contributed by atoms with Crippen LogP contribution in [0.25, 0.3) is 0 Å². The van der Waals surface area contributed by atoms with Gasteiger partial charge in [-0.25, -0.2) is 28.5 Å². The molecule has 1 aliphatic carbocycles. The Kier molecular flexibility index (Phi) is 8.07. The van der Waals surface area contributed by atoms with Crippen molar-refractivity contribution < 1.29 is 33.3 Å². The van der Waals surface area contributed by atoms with Crippen LogP contribution in [0, 0.1) is 23.5 Å². The first-order valence-corrected chi connectivity index (χ1v) is 15.1. The largest absolute Gasteiger partial charge is 0.481 e. The highest BCUT2D eigenvalue weighted by Gasteiger charge is 2.48. The average Bonchev–Trinajstić information content (AvgIpc) is 3.57. The maximum absolute atomic E-state index is 14.6. The van der Waals surface area contributed by atoms with Crippen molar-refractivity contribution in [2.24, 2.45) is 16.8 Å². The van der Waals surface area contributed by atoms with Crippen LogP contribution in [-0.2, 0) is 19.9 Å². The Morgan fingerprint density at radius 3 is 2.48 bits per heavy atom. The molecule has 4 heterocycles. The van der Waals surface area contributed by atoms with Crippen molar-refractivity contribution >= 4 is 46.7 Å². The van der Waals surface area contributed by atoms with Gasteiger partial charge in [0.25, 0.3) is 0 Å². The Morgan fingerprint density at radius 2 is 1.86 bits per heavy atom. The van der Waals surface area contributed by atoms with Gasteiger partial charge in [-0.15, -0.1) is 11.3 Å². The van der Waals surface area contributed by atoms with Gasteiger partial charge in [-0.2, -0.15) is 0 Å². The fourth-order valence-corrected chi connectivity index (χ4v) is 6.75. The van der Waals surface area contributed by atoms with E-state index in [0.29, 0.717) is 54.0 Å². The van der Waals surface area contributed by atoms with Crippen LogP contribution in [-0.4, -0.2) is 63.1 Å². The molecule has 1 saturated carbocycles. The number of nitrogens with zero attached hydrogens (tertiary/aromatic N) is 5. The molecule has 0 radical (unpaired) electrons. The summed E-state index contributed by atoms with van der Waals surface area (Å²) >= 11 is 7.58. The molecule has 3 aliphatic rings. The molecule has 44 heavy (non-hydrogen) atoms. The molecule has 3 aromatic rings. The summed E-state index contributed by atoms with van der Waals surface area (Å²) in [6.45, 7) is 1.05. The number of amidine groups is 1. The number of piperidine rings is 1. The minimum absolute atomic E-state index is 0.115. The molecule has 2 aromatic heterocycles. The monoisotopic (exact) mass is 644 g/mol. The van der Waals surface area contributed by atoms with Gasteiger partial charge in [-0.1, -0.05) is 17.7 Å². The third-order valence-electron chi connectivity index (χ3n) is 8.35. The number of esters is 1. The van der Waals surface area contributed by atoms with Crippen LogP contribution in [0.2, 0.25) is 5.02 Å². The Balaban J connectivity index is 1.27. The summed E-state index contributed by atoms with van der Waals surface area (Å²) in [6.07, 6.45) is 6.04. The summed E-state index contributed by atoms with van der Waals surface area (Å²) in [5.74, 6) is -3.90. The molecule has 11 nitrogen and oxygen atoms in total. The zero-order valence-electron chi connectivity index (χ0n) is 23.3. The number of benzene rings is 1. The van der Waals surface area contributed by atoms with Crippen molar-refractivity contribution in [2.45, 2.75) is 37.3 Å². The Bertz CT molecular complexity index is 1660. The van der Waals surface area contributed by atoms with Gasteiger partial charge >= 0.3 is 11.9 Å². The molecular weight excluding hydrogens is 618 g/mol. The number of aliphatic carboxylic acids is 1. The number of hydrogen-bond acceptors (Lipinski definition) is 11. The number of methoxy groups -OCH3 is 1. The molecule has 6 rings (SSSR count). The van der Waals surface area contributed by atoms with Gasteiger partial charge in [-0.3, -0.25) is 9.79 Å². The number of aliphatic imine (C=N–C) groups is 1. The van der Waals surface area contributed by atoms with Gasteiger partial charge in [0, 0.05) is 59.8 Å². The SMILES string of the molecule is COC(=O)C1=C(C2CCN(c3ncc(C4(O)CC(C(=O)O)C4)cn3)CC2)NC(c2nccs2)=NC1c1ccc(F)c(F)c1Cl. The molecule has 0 spiro atoms. The van der Waals surface area contributed by atoms with E-state index in [0.717, 1.165) is 6.07 Å². The van der Waals surface area contributed by atoms with E-state index in [1.54, 1.807) is 11.6 Å². The highest BCUT2D eigenvalue weighted by atomic mass is 35.5. The minimum atomic E-state index is -1.25. The molecule has 1 atom stereocenters. The number of ether oxygens (including phenoxy) is 1. The lowest BCUT2D eigenvalue weighted by atomic mass is 9.68. The molecule has 15 heteroatoms. The minimum Gasteiger partial charge on any atom is -0.481 e. The molecule has 0 amide bonds. The molecule has 1 saturated heterocycles. The van der Waals surface area contributed by atoms with E-state index in [9.17, 15) is 23.5 Å². The maximum atomic E-state index is 14.6. The topological polar surface area (TPSA) is 150 Å². The van der Waals surface area contributed by atoms with Crippen molar-refractivity contribution in [3.63, 3.8) is 0 Å². The van der Waals surface area contributed by atoms with Crippen LogP contribution in [0.3, 0.4) is 0 Å². The van der Waals surface area contributed by atoms with Crippen molar-refractivity contribution in [1.29, 1.82) is 0 Å². The predicted molar refractivity (Wildman–Crippen MR) is 156 cm³/mol. The molecule has 0 bridgehead atoms. The summed E-state index contributed by atoms with van der Waals surface area (Å²) < 4.78 is 33.7. The second-order valence-electron chi connectivity index (χ2n) is 10.9. The Hall–Kier alpha value is -4.01. The van der Waals surface area contributed by atoms with Crippen molar-refractivity contribution in [1.82, 2.24) is 20.3 Å². The summed E-state index contributed by atoms with van der Waals surface area (Å²) in [4.78, 5) is 44.3. The summed E-state index contributed by atoms with van der Waals surface area (Å²) in [7, 11) is 1.24. The highest BCUT2D eigenvalue weighted by molar-refractivity contribution is 7.11. The van der Waals surface area contributed by atoms with Crippen molar-refractivity contribution in [3.05, 3.63) is 80.2 Å². The highest BCUT2D eigenvalue weighted by Crippen LogP contribution is 2.45. The van der Waals surface area contributed by atoms with E-state index in [2.05, 4.69) is 25.3 Å². The van der Waals surface area contributed by atoms with Gasteiger partial charge in [0.1, 0.15) is 6.04 Å². The molecule has 2 aliphatic heterocycles.